The van der Waals surface area contributed by atoms with Crippen molar-refractivity contribution in [3.05, 3.63) is 29.8 Å². The zero-order valence-corrected chi connectivity index (χ0v) is 17.9. The van der Waals surface area contributed by atoms with Crippen molar-refractivity contribution >= 4 is 30.1 Å². The minimum atomic E-state index is -0.807. The first-order valence-corrected chi connectivity index (χ1v) is 10.3. The van der Waals surface area contributed by atoms with Crippen LogP contribution in [0, 0.1) is 0 Å². The van der Waals surface area contributed by atoms with Gasteiger partial charge in [-0.2, -0.15) is 0 Å². The number of carbonyl (C=O) groups excluding carboxylic acids is 3. The molecule has 0 saturated carbocycles. The standard InChI is InChI=1S/C21H28N4O4.ClH/c1-13(26)24-10-8-14-6-7-18(25(14)21(28)16(22)12-24)20(27)23-17-9-11-29-19-5-3-2-4-15(17)19;/h2-5,14,16-18H,6-12,22H2,1H3,(H,23,27);1H/t14-,16+,17-,18+;/m1./s1. The van der Waals surface area contributed by atoms with Gasteiger partial charge in [0.25, 0.3) is 0 Å². The summed E-state index contributed by atoms with van der Waals surface area (Å²) in [7, 11) is 0. The van der Waals surface area contributed by atoms with Crippen molar-refractivity contribution in [1.82, 2.24) is 15.1 Å². The van der Waals surface area contributed by atoms with Gasteiger partial charge in [0.1, 0.15) is 17.8 Å². The number of benzene rings is 1. The predicted octanol–water partition coefficient (Wildman–Crippen LogP) is 0.987. The number of para-hydroxylation sites is 1. The summed E-state index contributed by atoms with van der Waals surface area (Å²) >= 11 is 0. The van der Waals surface area contributed by atoms with Gasteiger partial charge in [0.2, 0.25) is 17.7 Å². The minimum absolute atomic E-state index is 0. The van der Waals surface area contributed by atoms with E-state index >= 15 is 0 Å². The SMILES string of the molecule is CC(=O)N1CC[C@H]2CC[C@@H](C(=O)N[C@@H]3CCOc4ccccc43)N2C(=O)[C@@H](N)C1.Cl. The van der Waals surface area contributed by atoms with E-state index in [4.69, 9.17) is 10.5 Å². The smallest absolute Gasteiger partial charge is 0.243 e. The Morgan fingerprint density at radius 2 is 1.93 bits per heavy atom. The summed E-state index contributed by atoms with van der Waals surface area (Å²) < 4.78 is 5.67. The highest BCUT2D eigenvalue weighted by Crippen LogP contribution is 2.33. The second kappa shape index (κ2) is 9.22. The van der Waals surface area contributed by atoms with Gasteiger partial charge in [-0.25, -0.2) is 0 Å². The van der Waals surface area contributed by atoms with E-state index in [0.29, 0.717) is 32.4 Å². The molecule has 3 aliphatic heterocycles. The Hall–Kier alpha value is -2.32. The van der Waals surface area contributed by atoms with Crippen LogP contribution in [-0.4, -0.2) is 65.3 Å². The zero-order valence-electron chi connectivity index (χ0n) is 17.1. The molecule has 2 fully saturated rings. The summed E-state index contributed by atoms with van der Waals surface area (Å²) in [4.78, 5) is 41.3. The lowest BCUT2D eigenvalue weighted by Gasteiger charge is -2.37. The van der Waals surface area contributed by atoms with Gasteiger partial charge in [0, 0.05) is 38.0 Å². The number of hydrogen-bond acceptors (Lipinski definition) is 5. The lowest BCUT2D eigenvalue weighted by Crippen LogP contribution is -2.59. The second-order valence-corrected chi connectivity index (χ2v) is 8.09. The van der Waals surface area contributed by atoms with Gasteiger partial charge in [-0.1, -0.05) is 18.2 Å². The monoisotopic (exact) mass is 436 g/mol. The van der Waals surface area contributed by atoms with E-state index in [9.17, 15) is 14.4 Å². The van der Waals surface area contributed by atoms with Gasteiger partial charge >= 0.3 is 0 Å². The van der Waals surface area contributed by atoms with E-state index in [2.05, 4.69) is 5.32 Å². The minimum Gasteiger partial charge on any atom is -0.493 e. The van der Waals surface area contributed by atoms with Gasteiger partial charge in [-0.3, -0.25) is 14.4 Å². The first-order valence-electron chi connectivity index (χ1n) is 10.3. The molecule has 1 aromatic rings. The molecule has 0 unspecified atom stereocenters. The Morgan fingerprint density at radius 1 is 1.17 bits per heavy atom. The number of fused-ring (bicyclic) bond motifs is 2. The summed E-state index contributed by atoms with van der Waals surface area (Å²) in [5, 5.41) is 3.13. The largest absolute Gasteiger partial charge is 0.493 e. The van der Waals surface area contributed by atoms with Gasteiger partial charge in [-0.15, -0.1) is 12.4 Å². The maximum absolute atomic E-state index is 13.2. The highest BCUT2D eigenvalue weighted by molar-refractivity contribution is 5.91. The third-order valence-electron chi connectivity index (χ3n) is 6.25. The molecule has 4 rings (SSSR count). The average Bonchev–Trinajstić information content (AvgIpc) is 3.13. The van der Waals surface area contributed by atoms with Crippen LogP contribution in [0.2, 0.25) is 0 Å². The number of nitrogens with two attached hydrogens (primary N) is 1. The molecule has 30 heavy (non-hydrogen) atoms. The molecule has 0 bridgehead atoms. The molecule has 0 spiro atoms. The molecular formula is C21H29ClN4O4. The number of nitrogens with one attached hydrogen (secondary N) is 1. The van der Waals surface area contributed by atoms with Crippen LogP contribution in [0.1, 0.15) is 44.2 Å². The fourth-order valence-electron chi connectivity index (χ4n) is 4.71. The van der Waals surface area contributed by atoms with Gasteiger partial charge < -0.3 is 25.6 Å². The topological polar surface area (TPSA) is 105 Å². The Labute approximate surface area is 182 Å². The molecule has 9 heteroatoms. The van der Waals surface area contributed by atoms with E-state index < -0.39 is 12.1 Å². The molecule has 3 N–H and O–H groups in total. The fourth-order valence-corrected chi connectivity index (χ4v) is 4.71. The Kier molecular flexibility index (Phi) is 6.88. The quantitative estimate of drug-likeness (QED) is 0.719. The molecule has 3 aliphatic rings. The third kappa shape index (κ3) is 4.25. The number of halogens is 1. The molecule has 3 amide bonds. The Bertz CT molecular complexity index is 820. The van der Waals surface area contributed by atoms with Crippen LogP contribution in [-0.2, 0) is 14.4 Å². The number of amides is 3. The number of hydrogen-bond donors (Lipinski definition) is 2. The van der Waals surface area contributed by atoms with Crippen LogP contribution in [0.3, 0.4) is 0 Å². The number of rotatable bonds is 2. The molecule has 0 radical (unpaired) electrons. The summed E-state index contributed by atoms with van der Waals surface area (Å²) in [6.07, 6.45) is 2.72. The molecule has 2 saturated heterocycles. The molecule has 3 heterocycles. The van der Waals surface area contributed by atoms with E-state index in [1.54, 1.807) is 9.80 Å². The van der Waals surface area contributed by atoms with Crippen molar-refractivity contribution in [3.8, 4) is 5.75 Å². The molecule has 8 nitrogen and oxygen atoms in total. The summed E-state index contributed by atoms with van der Waals surface area (Å²) in [6, 6.07) is 6.20. The Balaban J connectivity index is 0.00000256. The number of nitrogens with zero attached hydrogens (tertiary/aromatic N) is 2. The molecule has 4 atom stereocenters. The summed E-state index contributed by atoms with van der Waals surface area (Å²) in [5.74, 6) is 0.332. The highest BCUT2D eigenvalue weighted by Gasteiger charge is 2.44. The van der Waals surface area contributed by atoms with Crippen molar-refractivity contribution < 1.29 is 19.1 Å². The molecular weight excluding hydrogens is 408 g/mol. The van der Waals surface area contributed by atoms with E-state index in [-0.39, 0.29) is 48.8 Å². The second-order valence-electron chi connectivity index (χ2n) is 8.09. The average molecular weight is 437 g/mol. The van der Waals surface area contributed by atoms with E-state index in [1.165, 1.54) is 6.92 Å². The lowest BCUT2D eigenvalue weighted by atomic mass is 10.00. The normalized spacial score (nSPS) is 28.3. The van der Waals surface area contributed by atoms with Gasteiger partial charge in [0.15, 0.2) is 0 Å². The maximum atomic E-state index is 13.2. The van der Waals surface area contributed by atoms with Crippen molar-refractivity contribution in [1.29, 1.82) is 0 Å². The van der Waals surface area contributed by atoms with Crippen molar-refractivity contribution in [2.75, 3.05) is 19.7 Å². The molecule has 0 aliphatic carbocycles. The van der Waals surface area contributed by atoms with Crippen LogP contribution in [0.25, 0.3) is 0 Å². The fraction of sp³-hybridized carbons (Fsp3) is 0.571. The predicted molar refractivity (Wildman–Crippen MR) is 113 cm³/mol. The molecule has 1 aromatic carbocycles. The molecule has 0 aromatic heterocycles. The molecule has 164 valence electrons. The van der Waals surface area contributed by atoms with Crippen LogP contribution in [0.5, 0.6) is 5.75 Å². The zero-order chi connectivity index (χ0) is 20.5. The van der Waals surface area contributed by atoms with Gasteiger partial charge in [0.05, 0.1) is 12.6 Å². The van der Waals surface area contributed by atoms with Crippen LogP contribution in [0.4, 0.5) is 0 Å². The summed E-state index contributed by atoms with van der Waals surface area (Å²) in [6.45, 7) is 2.79. The van der Waals surface area contributed by atoms with Crippen molar-refractivity contribution in [3.63, 3.8) is 0 Å². The summed E-state index contributed by atoms with van der Waals surface area (Å²) in [5.41, 5.74) is 7.08. The van der Waals surface area contributed by atoms with Gasteiger partial charge in [-0.05, 0) is 25.3 Å². The third-order valence-corrected chi connectivity index (χ3v) is 6.25. The number of carbonyl (C=O) groups is 3. The maximum Gasteiger partial charge on any atom is 0.243 e. The Morgan fingerprint density at radius 3 is 2.70 bits per heavy atom. The van der Waals surface area contributed by atoms with Crippen molar-refractivity contribution in [2.24, 2.45) is 5.73 Å². The van der Waals surface area contributed by atoms with Crippen LogP contribution >= 0.6 is 12.4 Å². The first kappa shape index (κ1) is 22.4. The first-order chi connectivity index (χ1) is 14.0. The lowest BCUT2D eigenvalue weighted by molar-refractivity contribution is -0.144. The van der Waals surface area contributed by atoms with E-state index in [0.717, 1.165) is 17.7 Å². The highest BCUT2D eigenvalue weighted by atomic mass is 35.5. The van der Waals surface area contributed by atoms with Crippen molar-refractivity contribution in [2.45, 2.75) is 56.8 Å². The number of ether oxygens (including phenoxy) is 1. The van der Waals surface area contributed by atoms with Crippen LogP contribution < -0.4 is 15.8 Å². The van der Waals surface area contributed by atoms with E-state index in [1.807, 2.05) is 24.3 Å². The van der Waals surface area contributed by atoms with Crippen LogP contribution in [0.15, 0.2) is 24.3 Å².